The molecule has 2 fully saturated rings. The van der Waals surface area contributed by atoms with Crippen molar-refractivity contribution in [3.63, 3.8) is 0 Å². The van der Waals surface area contributed by atoms with E-state index in [-0.39, 0.29) is 47.1 Å². The molecule has 16 heteroatoms. The van der Waals surface area contributed by atoms with Crippen molar-refractivity contribution in [3.8, 4) is 0 Å². The molecule has 1 aromatic heterocycles. The van der Waals surface area contributed by atoms with Gasteiger partial charge in [0.2, 0.25) is 0 Å². The number of amides is 3. The molecule has 2 saturated heterocycles. The summed E-state index contributed by atoms with van der Waals surface area (Å²) in [5, 5.41) is 34.6. The van der Waals surface area contributed by atoms with Gasteiger partial charge in [-0.2, -0.15) is 0 Å². The fraction of sp³-hybridized carbons (Fsp3) is 0.474. The predicted molar refractivity (Wildman–Crippen MR) is 123 cm³/mol. The van der Waals surface area contributed by atoms with Crippen LogP contribution in [0.15, 0.2) is 21.8 Å². The number of anilines is 1. The summed E-state index contributed by atoms with van der Waals surface area (Å²) in [6.45, 7) is -0.0871. The Morgan fingerprint density at radius 1 is 1.37 bits per heavy atom. The number of carboxylic acids is 1. The van der Waals surface area contributed by atoms with Crippen LogP contribution in [-0.2, 0) is 19.1 Å². The maximum Gasteiger partial charge on any atom is 0.410 e. The highest BCUT2D eigenvalue weighted by Crippen LogP contribution is 2.40. The number of aliphatic hydroxyl groups is 1. The van der Waals surface area contributed by atoms with Gasteiger partial charge >= 0.3 is 12.1 Å². The summed E-state index contributed by atoms with van der Waals surface area (Å²) >= 11 is 2.23. The number of hydrogen-bond acceptors (Lipinski definition) is 12. The number of aliphatic carboxylic acids is 1. The van der Waals surface area contributed by atoms with Gasteiger partial charge in [-0.1, -0.05) is 5.16 Å². The number of aromatic nitrogens is 1. The Kier molecular flexibility index (Phi) is 7.13. The van der Waals surface area contributed by atoms with E-state index in [1.54, 1.807) is 0 Å². The van der Waals surface area contributed by atoms with E-state index < -0.39 is 41.0 Å². The Hall–Kier alpha value is -3.37. The first kappa shape index (κ1) is 24.7. The summed E-state index contributed by atoms with van der Waals surface area (Å²) < 4.78 is 5.28. The largest absolute Gasteiger partial charge is 0.477 e. The highest BCUT2D eigenvalue weighted by molar-refractivity contribution is 8.00. The average Bonchev–Trinajstić information content (AvgIpc) is 3.49. The Labute approximate surface area is 206 Å². The quantitative estimate of drug-likeness (QED) is 0.129. The first-order valence-corrected chi connectivity index (χ1v) is 12.4. The third-order valence-electron chi connectivity index (χ3n) is 5.81. The summed E-state index contributed by atoms with van der Waals surface area (Å²) in [7, 11) is 0. The van der Waals surface area contributed by atoms with Crippen LogP contribution in [0.25, 0.3) is 0 Å². The van der Waals surface area contributed by atoms with Crippen molar-refractivity contribution in [3.05, 3.63) is 22.3 Å². The van der Waals surface area contributed by atoms with Crippen molar-refractivity contribution >= 4 is 57.8 Å². The van der Waals surface area contributed by atoms with E-state index in [0.29, 0.717) is 13.0 Å². The number of carboxylic acid groups (broad SMARTS) is 1. The summed E-state index contributed by atoms with van der Waals surface area (Å²) in [6, 6.07) is -1.40. The van der Waals surface area contributed by atoms with E-state index in [1.165, 1.54) is 22.0 Å². The number of nitrogens with two attached hydrogens (primary N) is 1. The van der Waals surface area contributed by atoms with E-state index in [9.17, 15) is 34.6 Å². The summed E-state index contributed by atoms with van der Waals surface area (Å²) in [6.07, 6.45) is 0.721. The van der Waals surface area contributed by atoms with Crippen LogP contribution in [0.3, 0.4) is 0 Å². The first-order chi connectivity index (χ1) is 16.8. The second kappa shape index (κ2) is 10.1. The lowest BCUT2D eigenvalue weighted by Gasteiger charge is -2.49. The third kappa shape index (κ3) is 4.63. The van der Waals surface area contributed by atoms with Crippen LogP contribution in [0.4, 0.5) is 9.93 Å². The fourth-order valence-electron chi connectivity index (χ4n) is 4.11. The molecule has 1 aromatic rings. The summed E-state index contributed by atoms with van der Waals surface area (Å²) in [5.74, 6) is -2.78. The van der Waals surface area contributed by atoms with Gasteiger partial charge in [-0.25, -0.2) is 14.6 Å². The highest BCUT2D eigenvalue weighted by atomic mass is 32.2. The molecule has 4 heterocycles. The number of β-lactam (4-membered cyclic amide) rings is 1. The monoisotopic (exact) mass is 526 g/mol. The van der Waals surface area contributed by atoms with Crippen LogP contribution in [0.5, 0.6) is 0 Å². The minimum absolute atomic E-state index is 0.0316. The number of nitrogens with zero attached hydrogens (tertiary/aromatic N) is 4. The molecule has 1 unspecified atom stereocenters. The maximum atomic E-state index is 12.8. The molecule has 3 aliphatic heterocycles. The van der Waals surface area contributed by atoms with Gasteiger partial charge in [-0.3, -0.25) is 14.5 Å². The molecule has 4 rings (SSSR count). The molecule has 3 amide bonds. The van der Waals surface area contributed by atoms with E-state index >= 15 is 0 Å². The van der Waals surface area contributed by atoms with Crippen LogP contribution in [0.2, 0.25) is 0 Å². The van der Waals surface area contributed by atoms with Crippen LogP contribution < -0.4 is 11.1 Å². The number of ether oxygens (including phenoxy) is 1. The van der Waals surface area contributed by atoms with Crippen LogP contribution in [-0.4, -0.2) is 103 Å². The predicted octanol–water partition coefficient (Wildman–Crippen LogP) is -0.764. The van der Waals surface area contributed by atoms with Gasteiger partial charge < -0.3 is 36.1 Å². The zero-order valence-corrected chi connectivity index (χ0v) is 19.8. The standard InChI is InChI=1S/C19H22N6O8S2/c20-18-21-10(7-35-18)11(23-32)14(27)22-12-15(28)25-13(17(29)30)8(6-34-16(12)25)5-33-19(31)24-3-1-2-9(24)4-26/h7,9,12,16,26,32H,1-6H2,(H2,20,21)(H,22,27)(H,29,30)/b23-11-/t9-,12?,16+/m0/s1. The normalized spacial score (nSPS) is 24.2. The van der Waals surface area contributed by atoms with Crippen molar-refractivity contribution in [2.45, 2.75) is 30.3 Å². The van der Waals surface area contributed by atoms with E-state index in [2.05, 4.69) is 15.5 Å². The molecular weight excluding hydrogens is 504 g/mol. The van der Waals surface area contributed by atoms with Crippen LogP contribution in [0.1, 0.15) is 18.5 Å². The molecule has 35 heavy (non-hydrogen) atoms. The number of likely N-dealkylation sites (tertiary alicyclic amines) is 1. The van der Waals surface area contributed by atoms with Gasteiger partial charge in [-0.05, 0) is 12.8 Å². The Morgan fingerprint density at radius 3 is 2.77 bits per heavy atom. The summed E-state index contributed by atoms with van der Waals surface area (Å²) in [5.41, 5.74) is 5.07. The number of aliphatic hydroxyl groups excluding tert-OH is 1. The summed E-state index contributed by atoms with van der Waals surface area (Å²) in [4.78, 5) is 56.0. The number of carbonyl (C=O) groups excluding carboxylic acids is 3. The van der Waals surface area contributed by atoms with Crippen molar-refractivity contribution in [2.24, 2.45) is 5.16 Å². The number of nitrogen functional groups attached to an aromatic ring is 1. The van der Waals surface area contributed by atoms with E-state index in [1.807, 2.05) is 0 Å². The SMILES string of the molecule is Nc1nc(/C(=N/O)C(=O)NC2C(=O)N3C(C(=O)O)=C(COC(=O)N4CCC[C@H]4CO)CS[C@H]23)cs1. The van der Waals surface area contributed by atoms with Gasteiger partial charge in [0.25, 0.3) is 11.8 Å². The van der Waals surface area contributed by atoms with Gasteiger partial charge in [-0.15, -0.1) is 23.1 Å². The lowest BCUT2D eigenvalue weighted by molar-refractivity contribution is -0.150. The average molecular weight is 527 g/mol. The Morgan fingerprint density at radius 2 is 2.14 bits per heavy atom. The minimum Gasteiger partial charge on any atom is -0.477 e. The maximum absolute atomic E-state index is 12.8. The van der Waals surface area contributed by atoms with Crippen molar-refractivity contribution < 1.29 is 39.3 Å². The first-order valence-electron chi connectivity index (χ1n) is 10.4. The molecule has 3 aliphatic rings. The number of thiazole rings is 1. The second-order valence-electron chi connectivity index (χ2n) is 7.86. The molecule has 0 saturated carbocycles. The van der Waals surface area contributed by atoms with Gasteiger partial charge in [0.15, 0.2) is 10.8 Å². The minimum atomic E-state index is -1.37. The molecular formula is C19H22N6O8S2. The Balaban J connectivity index is 1.43. The Bertz CT molecular complexity index is 1120. The van der Waals surface area contributed by atoms with Crippen molar-refractivity contribution in [1.82, 2.24) is 20.1 Å². The number of fused-ring (bicyclic) bond motifs is 1. The van der Waals surface area contributed by atoms with Gasteiger partial charge in [0.1, 0.15) is 29.4 Å². The molecule has 14 nitrogen and oxygen atoms in total. The van der Waals surface area contributed by atoms with Gasteiger partial charge in [0.05, 0.1) is 12.6 Å². The molecule has 0 spiro atoms. The van der Waals surface area contributed by atoms with Gasteiger partial charge in [0, 0.05) is 23.3 Å². The molecule has 6 N–H and O–H groups in total. The third-order valence-corrected chi connectivity index (χ3v) is 7.82. The van der Waals surface area contributed by atoms with Crippen LogP contribution in [0, 0.1) is 0 Å². The number of hydrogen-bond donors (Lipinski definition) is 5. The van der Waals surface area contributed by atoms with Crippen LogP contribution >= 0.6 is 23.1 Å². The molecule has 0 radical (unpaired) electrons. The molecule has 0 aliphatic carbocycles. The topological polar surface area (TPSA) is 208 Å². The fourth-order valence-corrected chi connectivity index (χ4v) is 5.99. The molecule has 188 valence electrons. The lowest BCUT2D eigenvalue weighted by atomic mass is 10.0. The second-order valence-corrected chi connectivity index (χ2v) is 9.86. The van der Waals surface area contributed by atoms with Crippen molar-refractivity contribution in [1.29, 1.82) is 0 Å². The zero-order valence-electron chi connectivity index (χ0n) is 18.1. The number of oxime groups is 1. The molecule has 0 aromatic carbocycles. The van der Waals surface area contributed by atoms with Crippen molar-refractivity contribution in [2.75, 3.05) is 31.2 Å². The smallest absolute Gasteiger partial charge is 0.410 e. The molecule has 3 atom stereocenters. The molecule has 0 bridgehead atoms. The highest BCUT2D eigenvalue weighted by Gasteiger charge is 2.54. The number of rotatable bonds is 7. The zero-order chi connectivity index (χ0) is 25.3. The number of carbonyl (C=O) groups is 4. The number of thioether (sulfide) groups is 1. The van der Waals surface area contributed by atoms with E-state index in [4.69, 9.17) is 10.5 Å². The van der Waals surface area contributed by atoms with E-state index in [0.717, 1.165) is 22.7 Å². The number of nitrogens with one attached hydrogen (secondary N) is 1. The lowest BCUT2D eigenvalue weighted by Crippen LogP contribution is -2.71.